The molecule has 1 aromatic rings. The van der Waals surface area contributed by atoms with Crippen molar-refractivity contribution in [2.45, 2.75) is 38.1 Å². The maximum absolute atomic E-state index is 13.3. The Morgan fingerprint density at radius 1 is 1.33 bits per heavy atom. The molecule has 1 saturated carbocycles. The maximum atomic E-state index is 13.3. The van der Waals surface area contributed by atoms with E-state index in [1.807, 2.05) is 0 Å². The van der Waals surface area contributed by atoms with E-state index in [-0.39, 0.29) is 16.2 Å². The highest BCUT2D eigenvalue weighted by atomic mass is 79.9. The van der Waals surface area contributed by atoms with Crippen molar-refractivity contribution < 1.29 is 9.31 Å². The van der Waals surface area contributed by atoms with Gasteiger partial charge in [0.2, 0.25) is 0 Å². The molecule has 98 valence electrons. The monoisotopic (exact) mass is 316 g/mol. The molecule has 0 bridgehead atoms. The van der Waals surface area contributed by atoms with Gasteiger partial charge in [0.05, 0.1) is 15.5 Å². The molecule has 4 nitrogen and oxygen atoms in total. The van der Waals surface area contributed by atoms with Crippen molar-refractivity contribution in [2.24, 2.45) is 0 Å². The number of nitrogens with zero attached hydrogens (tertiary/aromatic N) is 1. The quantitative estimate of drug-likeness (QED) is 0.670. The van der Waals surface area contributed by atoms with E-state index in [1.165, 1.54) is 12.5 Å². The van der Waals surface area contributed by atoms with Gasteiger partial charge in [-0.3, -0.25) is 10.1 Å². The van der Waals surface area contributed by atoms with E-state index >= 15 is 0 Å². The minimum Gasteiger partial charge on any atom is -0.377 e. The summed E-state index contributed by atoms with van der Waals surface area (Å²) in [7, 11) is 0. The first-order chi connectivity index (χ1) is 8.58. The summed E-state index contributed by atoms with van der Waals surface area (Å²) in [5.74, 6) is -0.615. The van der Waals surface area contributed by atoms with Crippen LogP contribution in [-0.2, 0) is 0 Å². The highest BCUT2D eigenvalue weighted by molar-refractivity contribution is 9.10. The fraction of sp³-hybridized carbons (Fsp3) is 0.500. The summed E-state index contributed by atoms with van der Waals surface area (Å²) in [5.41, 5.74) is 0.182. The second-order valence-corrected chi connectivity index (χ2v) is 5.37. The molecule has 0 saturated heterocycles. The first kappa shape index (κ1) is 13.3. The minimum atomic E-state index is -0.615. The third-order valence-electron chi connectivity index (χ3n) is 3.20. The molecular formula is C12H14BrFN2O2. The zero-order chi connectivity index (χ0) is 13.1. The summed E-state index contributed by atoms with van der Waals surface area (Å²) in [6.07, 6.45) is 5.49. The van der Waals surface area contributed by atoms with Gasteiger partial charge >= 0.3 is 0 Å². The fourth-order valence-electron chi connectivity index (χ4n) is 2.27. The van der Waals surface area contributed by atoms with E-state index in [9.17, 15) is 14.5 Å². The van der Waals surface area contributed by atoms with E-state index in [0.29, 0.717) is 5.69 Å². The SMILES string of the molecule is O=[N+]([O-])c1cc(F)c(Br)cc1NC1CCCCC1. The van der Waals surface area contributed by atoms with Gasteiger partial charge in [0.1, 0.15) is 11.5 Å². The van der Waals surface area contributed by atoms with Crippen molar-refractivity contribution in [3.63, 3.8) is 0 Å². The number of rotatable bonds is 3. The van der Waals surface area contributed by atoms with E-state index in [1.54, 1.807) is 0 Å². The predicted molar refractivity (Wildman–Crippen MR) is 71.3 cm³/mol. The predicted octanol–water partition coefficient (Wildman–Crippen LogP) is 4.24. The zero-order valence-electron chi connectivity index (χ0n) is 9.79. The van der Waals surface area contributed by atoms with Crippen molar-refractivity contribution >= 4 is 27.3 Å². The Hall–Kier alpha value is -1.17. The number of nitro groups is 1. The van der Waals surface area contributed by atoms with Crippen LogP contribution in [0.5, 0.6) is 0 Å². The molecule has 0 radical (unpaired) electrons. The van der Waals surface area contributed by atoms with Gasteiger partial charge in [0.25, 0.3) is 5.69 Å². The molecule has 0 spiro atoms. The summed E-state index contributed by atoms with van der Waals surface area (Å²) in [6.45, 7) is 0. The van der Waals surface area contributed by atoms with Gasteiger partial charge in [0.15, 0.2) is 0 Å². The van der Waals surface area contributed by atoms with Crippen LogP contribution >= 0.6 is 15.9 Å². The normalized spacial score (nSPS) is 16.6. The Labute approximate surface area is 113 Å². The number of hydrogen-bond acceptors (Lipinski definition) is 3. The Kier molecular flexibility index (Phi) is 4.16. The number of anilines is 1. The van der Waals surface area contributed by atoms with Crippen LogP contribution in [0.2, 0.25) is 0 Å². The van der Waals surface area contributed by atoms with Gasteiger partial charge in [-0.2, -0.15) is 0 Å². The molecule has 0 atom stereocenters. The van der Waals surface area contributed by atoms with Crippen LogP contribution < -0.4 is 5.32 Å². The molecule has 0 aliphatic heterocycles. The number of hydrogen-bond donors (Lipinski definition) is 1. The van der Waals surface area contributed by atoms with E-state index < -0.39 is 10.7 Å². The lowest BCUT2D eigenvalue weighted by Crippen LogP contribution is -2.22. The first-order valence-electron chi connectivity index (χ1n) is 5.98. The standard InChI is InChI=1S/C12H14BrFN2O2/c13-9-6-11(12(16(17)18)7-10(9)14)15-8-4-2-1-3-5-8/h6-8,15H,1-5H2. The lowest BCUT2D eigenvalue weighted by Gasteiger charge is -2.23. The molecule has 6 heteroatoms. The average molecular weight is 317 g/mol. The van der Waals surface area contributed by atoms with Crippen LogP contribution in [0.1, 0.15) is 32.1 Å². The van der Waals surface area contributed by atoms with Crippen LogP contribution in [0.15, 0.2) is 16.6 Å². The summed E-state index contributed by atoms with van der Waals surface area (Å²) in [5, 5.41) is 14.1. The lowest BCUT2D eigenvalue weighted by atomic mass is 9.95. The average Bonchev–Trinajstić information content (AvgIpc) is 2.34. The number of halogens is 2. The highest BCUT2D eigenvalue weighted by Crippen LogP contribution is 2.32. The van der Waals surface area contributed by atoms with Crippen molar-refractivity contribution in [3.05, 3.63) is 32.5 Å². The summed E-state index contributed by atoms with van der Waals surface area (Å²) < 4.78 is 13.6. The molecule has 1 fully saturated rings. The zero-order valence-corrected chi connectivity index (χ0v) is 11.4. The molecule has 1 aliphatic rings. The first-order valence-corrected chi connectivity index (χ1v) is 6.77. The number of benzene rings is 1. The summed E-state index contributed by atoms with van der Waals surface area (Å²) in [4.78, 5) is 10.4. The lowest BCUT2D eigenvalue weighted by molar-refractivity contribution is -0.384. The van der Waals surface area contributed by atoms with Gasteiger partial charge in [0, 0.05) is 6.04 Å². The van der Waals surface area contributed by atoms with E-state index in [2.05, 4.69) is 21.2 Å². The molecule has 0 heterocycles. The molecule has 1 aromatic carbocycles. The van der Waals surface area contributed by atoms with Crippen molar-refractivity contribution in [3.8, 4) is 0 Å². The van der Waals surface area contributed by atoms with Crippen molar-refractivity contribution in [1.82, 2.24) is 0 Å². The third-order valence-corrected chi connectivity index (χ3v) is 3.81. The fourth-order valence-corrected chi connectivity index (χ4v) is 2.61. The summed E-state index contributed by atoms with van der Waals surface area (Å²) in [6, 6.07) is 2.65. The Balaban J connectivity index is 2.24. The molecule has 0 amide bonds. The molecule has 1 aliphatic carbocycles. The van der Waals surface area contributed by atoms with Crippen LogP contribution in [0.4, 0.5) is 15.8 Å². The highest BCUT2D eigenvalue weighted by Gasteiger charge is 2.21. The van der Waals surface area contributed by atoms with Crippen molar-refractivity contribution in [1.29, 1.82) is 0 Å². The van der Waals surface area contributed by atoms with Crippen LogP contribution in [0.3, 0.4) is 0 Å². The largest absolute Gasteiger partial charge is 0.377 e. The van der Waals surface area contributed by atoms with Crippen molar-refractivity contribution in [2.75, 3.05) is 5.32 Å². The van der Waals surface area contributed by atoms with Gasteiger partial charge in [-0.25, -0.2) is 4.39 Å². The number of nitrogens with one attached hydrogen (secondary N) is 1. The topological polar surface area (TPSA) is 55.2 Å². The molecule has 18 heavy (non-hydrogen) atoms. The maximum Gasteiger partial charge on any atom is 0.295 e. The minimum absolute atomic E-state index is 0.207. The Morgan fingerprint density at radius 2 is 2.00 bits per heavy atom. The molecule has 1 N–H and O–H groups in total. The smallest absolute Gasteiger partial charge is 0.295 e. The van der Waals surface area contributed by atoms with Gasteiger partial charge < -0.3 is 5.32 Å². The Bertz CT molecular complexity index is 462. The molecular weight excluding hydrogens is 303 g/mol. The van der Waals surface area contributed by atoms with Gasteiger partial charge in [-0.05, 0) is 34.8 Å². The van der Waals surface area contributed by atoms with E-state index in [4.69, 9.17) is 0 Å². The molecule has 2 rings (SSSR count). The van der Waals surface area contributed by atoms with Crippen LogP contribution in [0, 0.1) is 15.9 Å². The second-order valence-electron chi connectivity index (χ2n) is 4.52. The van der Waals surface area contributed by atoms with Crippen LogP contribution in [-0.4, -0.2) is 11.0 Å². The molecule has 0 aromatic heterocycles. The van der Waals surface area contributed by atoms with Gasteiger partial charge in [-0.1, -0.05) is 19.3 Å². The van der Waals surface area contributed by atoms with Crippen LogP contribution in [0.25, 0.3) is 0 Å². The van der Waals surface area contributed by atoms with Gasteiger partial charge in [-0.15, -0.1) is 0 Å². The molecule has 0 unspecified atom stereocenters. The van der Waals surface area contributed by atoms with E-state index in [0.717, 1.165) is 31.7 Å². The second kappa shape index (κ2) is 5.65. The Morgan fingerprint density at radius 3 is 2.61 bits per heavy atom. The third kappa shape index (κ3) is 2.98. The number of nitro benzene ring substituents is 1. The summed E-state index contributed by atoms with van der Waals surface area (Å²) >= 11 is 3.06.